The minimum atomic E-state index is -0.940. The van der Waals surface area contributed by atoms with Crippen molar-refractivity contribution in [2.75, 3.05) is 7.11 Å². The van der Waals surface area contributed by atoms with Crippen LogP contribution in [0.2, 0.25) is 5.15 Å². The van der Waals surface area contributed by atoms with Crippen molar-refractivity contribution in [1.82, 2.24) is 15.0 Å². The molecule has 0 aliphatic heterocycles. The summed E-state index contributed by atoms with van der Waals surface area (Å²) < 4.78 is 18.4. The van der Waals surface area contributed by atoms with E-state index in [0.29, 0.717) is 0 Å². The van der Waals surface area contributed by atoms with Crippen molar-refractivity contribution in [2.45, 2.75) is 6.61 Å². The molecule has 2 aromatic rings. The van der Waals surface area contributed by atoms with Gasteiger partial charge in [0.1, 0.15) is 0 Å². The number of aromatic amines is 2. The average Bonchev–Trinajstić information content (AvgIpc) is 2.25. The van der Waals surface area contributed by atoms with E-state index in [1.165, 1.54) is 7.11 Å². The number of fused-ring (bicyclic) bond motifs is 1. The largest absolute Gasteiger partial charge is 0.378 e. The maximum absolute atomic E-state index is 13.6. The molecule has 2 rings (SSSR count). The minimum absolute atomic E-state index is 0.0222. The highest BCUT2D eigenvalue weighted by Crippen LogP contribution is 2.20. The quantitative estimate of drug-likeness (QED) is 0.771. The van der Waals surface area contributed by atoms with Gasteiger partial charge in [0.25, 0.3) is 5.56 Å². The molecule has 0 aliphatic carbocycles. The summed E-state index contributed by atoms with van der Waals surface area (Å²) in [5.41, 5.74) is -1.66. The third-order valence-corrected chi connectivity index (χ3v) is 2.40. The second-order valence-corrected chi connectivity index (χ2v) is 3.61. The van der Waals surface area contributed by atoms with E-state index in [9.17, 15) is 14.0 Å². The van der Waals surface area contributed by atoms with Gasteiger partial charge in [-0.25, -0.2) is 14.2 Å². The number of pyridine rings is 1. The molecule has 0 unspecified atom stereocenters. The van der Waals surface area contributed by atoms with Crippen LogP contribution in [0.5, 0.6) is 0 Å². The van der Waals surface area contributed by atoms with E-state index < -0.39 is 22.2 Å². The Kier molecular flexibility index (Phi) is 2.95. The summed E-state index contributed by atoms with van der Waals surface area (Å²) in [6.07, 6.45) is 0. The summed E-state index contributed by atoms with van der Waals surface area (Å²) in [5, 5.41) is -0.501. The van der Waals surface area contributed by atoms with Gasteiger partial charge in [-0.3, -0.25) is 9.78 Å². The second kappa shape index (κ2) is 4.27. The molecule has 0 atom stereocenters. The van der Waals surface area contributed by atoms with Gasteiger partial charge in [-0.15, -0.1) is 0 Å². The SMILES string of the molecule is COCc1nc(Cl)c(F)c2[nH]c(=O)[nH]c(=O)c12. The van der Waals surface area contributed by atoms with E-state index in [2.05, 4.69) is 9.97 Å². The molecule has 0 saturated heterocycles. The Morgan fingerprint density at radius 1 is 1.41 bits per heavy atom. The summed E-state index contributed by atoms with van der Waals surface area (Å²) >= 11 is 5.56. The van der Waals surface area contributed by atoms with Gasteiger partial charge in [0.05, 0.1) is 23.2 Å². The van der Waals surface area contributed by atoms with E-state index >= 15 is 0 Å². The monoisotopic (exact) mass is 259 g/mol. The number of hydrogen-bond donors (Lipinski definition) is 2. The normalized spacial score (nSPS) is 11.0. The molecule has 2 aromatic heterocycles. The standard InChI is InChI=1S/C9H7ClFN3O3/c1-17-2-3-4-6(5(11)7(10)12-3)13-9(16)14-8(4)15/h2H2,1H3,(H2,13,14,15,16). The van der Waals surface area contributed by atoms with Crippen molar-refractivity contribution in [3.8, 4) is 0 Å². The van der Waals surface area contributed by atoms with Gasteiger partial charge in [-0.1, -0.05) is 11.6 Å². The second-order valence-electron chi connectivity index (χ2n) is 3.25. The van der Waals surface area contributed by atoms with E-state index in [-0.39, 0.29) is 23.2 Å². The lowest BCUT2D eigenvalue weighted by atomic mass is 10.2. The molecule has 17 heavy (non-hydrogen) atoms. The molecular weight excluding hydrogens is 253 g/mol. The third kappa shape index (κ3) is 1.94. The predicted molar refractivity (Wildman–Crippen MR) is 58.7 cm³/mol. The molecule has 0 aliphatic rings. The van der Waals surface area contributed by atoms with E-state index in [1.54, 1.807) is 0 Å². The van der Waals surface area contributed by atoms with Crippen LogP contribution < -0.4 is 11.2 Å². The Labute approximate surface area is 98.4 Å². The highest BCUT2D eigenvalue weighted by atomic mass is 35.5. The maximum atomic E-state index is 13.6. The maximum Gasteiger partial charge on any atom is 0.326 e. The van der Waals surface area contributed by atoms with Gasteiger partial charge in [0, 0.05) is 7.11 Å². The predicted octanol–water partition coefficient (Wildman–Crippen LogP) is 0.550. The van der Waals surface area contributed by atoms with E-state index in [0.717, 1.165) is 0 Å². The highest BCUT2D eigenvalue weighted by Gasteiger charge is 2.16. The van der Waals surface area contributed by atoms with Crippen LogP contribution in [0.1, 0.15) is 5.69 Å². The molecule has 0 amide bonds. The summed E-state index contributed by atoms with van der Waals surface area (Å²) in [4.78, 5) is 30.5. The Morgan fingerprint density at radius 2 is 2.12 bits per heavy atom. The first-order chi connectivity index (χ1) is 8.04. The smallest absolute Gasteiger partial charge is 0.326 e. The van der Waals surface area contributed by atoms with Crippen LogP contribution in [-0.4, -0.2) is 22.1 Å². The third-order valence-electron chi connectivity index (χ3n) is 2.15. The number of nitrogens with zero attached hydrogens (tertiary/aromatic N) is 1. The number of ether oxygens (including phenoxy) is 1. The molecule has 0 fully saturated rings. The number of hydrogen-bond acceptors (Lipinski definition) is 4. The Hall–Kier alpha value is -1.73. The summed E-state index contributed by atoms with van der Waals surface area (Å²) in [6, 6.07) is 0. The topological polar surface area (TPSA) is 87.8 Å². The lowest BCUT2D eigenvalue weighted by Gasteiger charge is -2.05. The molecule has 0 saturated carbocycles. The molecule has 2 N–H and O–H groups in total. The Morgan fingerprint density at radius 3 is 2.76 bits per heavy atom. The van der Waals surface area contributed by atoms with Gasteiger partial charge in [-0.2, -0.15) is 0 Å². The van der Waals surface area contributed by atoms with Crippen LogP contribution in [0.3, 0.4) is 0 Å². The zero-order valence-electron chi connectivity index (χ0n) is 8.63. The van der Waals surface area contributed by atoms with Crippen molar-refractivity contribution in [2.24, 2.45) is 0 Å². The average molecular weight is 260 g/mol. The highest BCUT2D eigenvalue weighted by molar-refractivity contribution is 6.30. The lowest BCUT2D eigenvalue weighted by molar-refractivity contribution is 0.182. The lowest BCUT2D eigenvalue weighted by Crippen LogP contribution is -2.24. The van der Waals surface area contributed by atoms with Gasteiger partial charge < -0.3 is 9.72 Å². The Balaban J connectivity index is 2.98. The molecule has 6 nitrogen and oxygen atoms in total. The van der Waals surface area contributed by atoms with E-state index in [4.69, 9.17) is 16.3 Å². The zero-order valence-corrected chi connectivity index (χ0v) is 9.39. The number of H-pyrrole nitrogens is 2. The molecule has 0 bridgehead atoms. The van der Waals surface area contributed by atoms with Crippen molar-refractivity contribution >= 4 is 22.5 Å². The number of rotatable bonds is 2. The van der Waals surface area contributed by atoms with E-state index in [1.807, 2.05) is 4.98 Å². The van der Waals surface area contributed by atoms with Crippen molar-refractivity contribution in [3.63, 3.8) is 0 Å². The van der Waals surface area contributed by atoms with Crippen LogP contribution in [0.25, 0.3) is 10.9 Å². The number of aromatic nitrogens is 3. The molecule has 2 heterocycles. The zero-order chi connectivity index (χ0) is 12.6. The molecular formula is C9H7ClFN3O3. The van der Waals surface area contributed by atoms with Crippen molar-refractivity contribution in [1.29, 1.82) is 0 Å². The first-order valence-electron chi connectivity index (χ1n) is 4.53. The molecule has 8 heteroatoms. The number of halogens is 2. The van der Waals surface area contributed by atoms with Crippen LogP contribution >= 0.6 is 11.6 Å². The molecule has 0 aromatic carbocycles. The fourth-order valence-electron chi connectivity index (χ4n) is 1.49. The van der Waals surface area contributed by atoms with Crippen LogP contribution in [0.4, 0.5) is 4.39 Å². The summed E-state index contributed by atoms with van der Waals surface area (Å²) in [7, 11) is 1.39. The van der Waals surface area contributed by atoms with Gasteiger partial charge in [0.2, 0.25) is 0 Å². The van der Waals surface area contributed by atoms with Crippen LogP contribution in [0, 0.1) is 5.82 Å². The fourth-order valence-corrected chi connectivity index (χ4v) is 1.69. The van der Waals surface area contributed by atoms with Gasteiger partial charge in [-0.05, 0) is 0 Å². The minimum Gasteiger partial charge on any atom is -0.378 e. The molecule has 90 valence electrons. The molecule has 0 radical (unpaired) electrons. The Bertz CT molecular complexity index is 694. The van der Waals surface area contributed by atoms with Crippen molar-refractivity contribution in [3.05, 3.63) is 37.5 Å². The first-order valence-corrected chi connectivity index (χ1v) is 4.91. The molecule has 0 spiro atoms. The van der Waals surface area contributed by atoms with Crippen LogP contribution in [0.15, 0.2) is 9.59 Å². The first kappa shape index (κ1) is 11.7. The summed E-state index contributed by atoms with van der Waals surface area (Å²) in [6.45, 7) is -0.0222. The van der Waals surface area contributed by atoms with Crippen LogP contribution in [-0.2, 0) is 11.3 Å². The summed E-state index contributed by atoms with van der Waals surface area (Å²) in [5.74, 6) is -0.940. The fraction of sp³-hybridized carbons (Fsp3) is 0.222. The number of nitrogens with one attached hydrogen (secondary N) is 2. The van der Waals surface area contributed by atoms with Gasteiger partial charge in [0.15, 0.2) is 11.0 Å². The van der Waals surface area contributed by atoms with Gasteiger partial charge >= 0.3 is 5.69 Å². The van der Waals surface area contributed by atoms with Crippen molar-refractivity contribution < 1.29 is 9.13 Å². The number of methoxy groups -OCH3 is 1.